The second-order valence-corrected chi connectivity index (χ2v) is 5.46. The molecular formula is C14H14ClNO4. The van der Waals surface area contributed by atoms with Gasteiger partial charge in [0, 0.05) is 10.9 Å². The number of rotatable bonds is 3. The fourth-order valence-corrected chi connectivity index (χ4v) is 2.03. The number of hydrogen-bond acceptors (Lipinski definition) is 3. The van der Waals surface area contributed by atoms with E-state index in [1.807, 2.05) is 0 Å². The van der Waals surface area contributed by atoms with E-state index in [9.17, 15) is 9.59 Å². The third-order valence-corrected chi connectivity index (χ3v) is 3.38. The Balaban J connectivity index is 2.44. The molecule has 0 bridgehead atoms. The summed E-state index contributed by atoms with van der Waals surface area (Å²) >= 11 is 6.01. The number of carbonyl (C=O) groups is 2. The van der Waals surface area contributed by atoms with E-state index in [0.717, 1.165) is 5.39 Å². The van der Waals surface area contributed by atoms with Crippen LogP contribution in [0.25, 0.3) is 11.0 Å². The summed E-state index contributed by atoms with van der Waals surface area (Å²) in [5.41, 5.74) is -0.335. The predicted octanol–water partition coefficient (Wildman–Crippen LogP) is 2.99. The minimum atomic E-state index is -1.38. The summed E-state index contributed by atoms with van der Waals surface area (Å²) in [6, 6.07) is 5.21. The molecule has 1 amide bonds. The maximum atomic E-state index is 12.2. The molecular weight excluding hydrogens is 282 g/mol. The van der Waals surface area contributed by atoms with Gasteiger partial charge in [-0.1, -0.05) is 23.7 Å². The van der Waals surface area contributed by atoms with Crippen LogP contribution in [0.1, 0.15) is 30.0 Å². The van der Waals surface area contributed by atoms with E-state index in [1.165, 1.54) is 13.8 Å². The molecule has 0 saturated heterocycles. The maximum absolute atomic E-state index is 12.2. The highest BCUT2D eigenvalue weighted by atomic mass is 35.5. The maximum Gasteiger partial charge on any atom is 0.328 e. The van der Waals surface area contributed by atoms with Crippen LogP contribution in [-0.4, -0.2) is 22.5 Å². The Labute approximate surface area is 120 Å². The van der Waals surface area contributed by atoms with E-state index in [-0.39, 0.29) is 5.76 Å². The average Bonchev–Trinajstić information content (AvgIpc) is 2.68. The van der Waals surface area contributed by atoms with Crippen LogP contribution >= 0.6 is 11.6 Å². The predicted molar refractivity (Wildman–Crippen MR) is 75.1 cm³/mol. The number of halogens is 1. The molecule has 5 nitrogen and oxygen atoms in total. The van der Waals surface area contributed by atoms with Gasteiger partial charge < -0.3 is 14.8 Å². The molecule has 20 heavy (non-hydrogen) atoms. The molecule has 2 rings (SSSR count). The lowest BCUT2D eigenvalue weighted by atomic mass is 10.1. The van der Waals surface area contributed by atoms with Crippen molar-refractivity contribution in [1.29, 1.82) is 0 Å². The molecule has 1 aromatic heterocycles. The van der Waals surface area contributed by atoms with Gasteiger partial charge in [-0.3, -0.25) is 4.79 Å². The highest BCUT2D eigenvalue weighted by molar-refractivity contribution is 6.35. The number of aryl methyl sites for hydroxylation is 1. The number of para-hydroxylation sites is 1. The van der Waals surface area contributed by atoms with E-state index in [0.29, 0.717) is 16.2 Å². The molecule has 0 aliphatic rings. The van der Waals surface area contributed by atoms with Crippen molar-refractivity contribution in [1.82, 2.24) is 5.32 Å². The molecule has 0 aliphatic heterocycles. The Morgan fingerprint density at radius 3 is 2.55 bits per heavy atom. The van der Waals surface area contributed by atoms with Crippen molar-refractivity contribution < 1.29 is 19.1 Å². The molecule has 2 aromatic rings. The summed E-state index contributed by atoms with van der Waals surface area (Å²) < 4.78 is 5.48. The number of nitrogens with one attached hydrogen (secondary N) is 1. The van der Waals surface area contributed by atoms with E-state index in [2.05, 4.69) is 5.32 Å². The number of carbonyl (C=O) groups excluding carboxylic acids is 1. The minimum Gasteiger partial charge on any atom is -0.480 e. The molecule has 1 heterocycles. The zero-order valence-corrected chi connectivity index (χ0v) is 12.0. The van der Waals surface area contributed by atoms with Crippen LogP contribution < -0.4 is 5.32 Å². The fraction of sp³-hybridized carbons (Fsp3) is 0.286. The Morgan fingerprint density at radius 1 is 1.35 bits per heavy atom. The number of carboxylic acids is 1. The zero-order chi connectivity index (χ0) is 15.1. The zero-order valence-electron chi connectivity index (χ0n) is 11.3. The monoisotopic (exact) mass is 295 g/mol. The molecule has 106 valence electrons. The summed E-state index contributed by atoms with van der Waals surface area (Å²) in [7, 11) is 0. The Morgan fingerprint density at radius 2 is 2.00 bits per heavy atom. The second kappa shape index (κ2) is 4.83. The summed E-state index contributed by atoms with van der Waals surface area (Å²) in [5.74, 6) is -1.64. The van der Waals surface area contributed by atoms with Crippen LogP contribution in [0.15, 0.2) is 22.6 Å². The van der Waals surface area contributed by atoms with Crippen LogP contribution in [0.3, 0.4) is 0 Å². The minimum absolute atomic E-state index is 0.0717. The van der Waals surface area contributed by atoms with Crippen molar-refractivity contribution in [3.8, 4) is 0 Å². The number of benzene rings is 1. The molecule has 0 saturated carbocycles. The van der Waals surface area contributed by atoms with Gasteiger partial charge in [-0.05, 0) is 26.8 Å². The van der Waals surface area contributed by atoms with Gasteiger partial charge in [-0.15, -0.1) is 0 Å². The summed E-state index contributed by atoms with van der Waals surface area (Å²) in [6.07, 6.45) is 0. The summed E-state index contributed by atoms with van der Waals surface area (Å²) in [6.45, 7) is 4.53. The normalized spacial score (nSPS) is 11.6. The first kappa shape index (κ1) is 14.4. The van der Waals surface area contributed by atoms with E-state index in [1.54, 1.807) is 25.1 Å². The molecule has 0 atom stereocenters. The molecule has 2 N–H and O–H groups in total. The SMILES string of the molecule is Cc1c(C(=O)NC(C)(C)C(=O)O)oc2c(Cl)cccc12. The number of amides is 1. The molecule has 0 aliphatic carbocycles. The first-order valence-electron chi connectivity index (χ1n) is 5.97. The number of aliphatic carboxylic acids is 1. The number of hydrogen-bond donors (Lipinski definition) is 2. The van der Waals surface area contributed by atoms with Crippen molar-refractivity contribution in [3.05, 3.63) is 34.5 Å². The van der Waals surface area contributed by atoms with Crippen molar-refractivity contribution in [2.24, 2.45) is 0 Å². The molecule has 0 unspecified atom stereocenters. The van der Waals surface area contributed by atoms with Crippen molar-refractivity contribution >= 4 is 34.4 Å². The highest BCUT2D eigenvalue weighted by Crippen LogP contribution is 2.30. The lowest BCUT2D eigenvalue weighted by Crippen LogP contribution is -2.49. The van der Waals surface area contributed by atoms with Crippen molar-refractivity contribution in [3.63, 3.8) is 0 Å². The Kier molecular flexibility index (Phi) is 3.48. The number of fused-ring (bicyclic) bond motifs is 1. The Hall–Kier alpha value is -2.01. The van der Waals surface area contributed by atoms with Gasteiger partial charge in [0.2, 0.25) is 0 Å². The van der Waals surface area contributed by atoms with Crippen LogP contribution in [0.5, 0.6) is 0 Å². The van der Waals surface area contributed by atoms with Gasteiger partial charge in [0.25, 0.3) is 5.91 Å². The van der Waals surface area contributed by atoms with E-state index in [4.69, 9.17) is 21.1 Å². The fourth-order valence-electron chi connectivity index (χ4n) is 1.82. The summed E-state index contributed by atoms with van der Waals surface area (Å²) in [4.78, 5) is 23.2. The molecule has 6 heteroatoms. The third-order valence-electron chi connectivity index (χ3n) is 3.08. The topological polar surface area (TPSA) is 79.5 Å². The van der Waals surface area contributed by atoms with Crippen molar-refractivity contribution in [2.45, 2.75) is 26.3 Å². The smallest absolute Gasteiger partial charge is 0.328 e. The van der Waals surface area contributed by atoms with E-state index < -0.39 is 17.4 Å². The van der Waals surface area contributed by atoms with Gasteiger partial charge in [0.1, 0.15) is 5.54 Å². The van der Waals surface area contributed by atoms with Gasteiger partial charge in [-0.25, -0.2) is 4.79 Å². The third kappa shape index (κ3) is 2.36. The number of carboxylic acid groups (broad SMARTS) is 1. The average molecular weight is 296 g/mol. The quantitative estimate of drug-likeness (QED) is 0.912. The molecule has 0 fully saturated rings. The first-order valence-corrected chi connectivity index (χ1v) is 6.35. The van der Waals surface area contributed by atoms with Gasteiger partial charge >= 0.3 is 5.97 Å². The van der Waals surface area contributed by atoms with Crippen LogP contribution in [0.2, 0.25) is 5.02 Å². The van der Waals surface area contributed by atoms with Gasteiger partial charge in [0.05, 0.1) is 5.02 Å². The molecule has 0 spiro atoms. The largest absolute Gasteiger partial charge is 0.480 e. The van der Waals surface area contributed by atoms with Crippen molar-refractivity contribution in [2.75, 3.05) is 0 Å². The van der Waals surface area contributed by atoms with Crippen LogP contribution in [0, 0.1) is 6.92 Å². The summed E-state index contributed by atoms with van der Waals surface area (Å²) in [5, 5.41) is 12.6. The van der Waals surface area contributed by atoms with Crippen LogP contribution in [-0.2, 0) is 4.79 Å². The first-order chi connectivity index (χ1) is 9.24. The van der Waals surface area contributed by atoms with E-state index >= 15 is 0 Å². The standard InChI is InChI=1S/C14H14ClNO4/c1-7-8-5-4-6-9(15)11(8)20-10(7)12(17)16-14(2,3)13(18)19/h4-6H,1-3H3,(H,16,17)(H,18,19). The second-order valence-electron chi connectivity index (χ2n) is 5.06. The van der Waals surface area contributed by atoms with Gasteiger partial charge in [0.15, 0.2) is 11.3 Å². The highest BCUT2D eigenvalue weighted by Gasteiger charge is 2.31. The lowest BCUT2D eigenvalue weighted by molar-refractivity contribution is -0.143. The lowest BCUT2D eigenvalue weighted by Gasteiger charge is -2.20. The molecule has 1 aromatic carbocycles. The van der Waals surface area contributed by atoms with Crippen LogP contribution in [0.4, 0.5) is 0 Å². The molecule has 0 radical (unpaired) electrons. The van der Waals surface area contributed by atoms with Gasteiger partial charge in [-0.2, -0.15) is 0 Å². The number of furan rings is 1. The Bertz CT molecular complexity index is 703.